The van der Waals surface area contributed by atoms with Crippen molar-refractivity contribution < 1.29 is 13.2 Å². The fraction of sp³-hybridized carbons (Fsp3) is 0.417. The summed E-state index contributed by atoms with van der Waals surface area (Å²) in [6.07, 6.45) is -3.84. The van der Waals surface area contributed by atoms with Crippen LogP contribution in [-0.2, 0) is 6.42 Å². The molecular weight excluding hydrogens is 243 g/mol. The zero-order valence-corrected chi connectivity index (χ0v) is 9.54. The van der Waals surface area contributed by atoms with Gasteiger partial charge < -0.3 is 10.6 Å². The molecule has 0 aromatic heterocycles. The summed E-state index contributed by atoms with van der Waals surface area (Å²) in [7, 11) is 0. The maximum absolute atomic E-state index is 12.6. The van der Waals surface area contributed by atoms with Gasteiger partial charge in [-0.3, -0.25) is 0 Å². The summed E-state index contributed by atoms with van der Waals surface area (Å²) in [5, 5.41) is 8.61. The van der Waals surface area contributed by atoms with Crippen LogP contribution < -0.4 is 10.6 Å². The Labute approximate surface area is 103 Å². The zero-order valence-electron chi connectivity index (χ0n) is 9.54. The van der Waals surface area contributed by atoms with E-state index in [1.54, 1.807) is 17.0 Å². The molecule has 2 N–H and O–H groups in total. The third-order valence-corrected chi connectivity index (χ3v) is 3.07. The van der Waals surface area contributed by atoms with E-state index in [0.717, 1.165) is 5.56 Å². The van der Waals surface area contributed by atoms with Gasteiger partial charge in [-0.05, 0) is 18.1 Å². The number of nitrogens with two attached hydrogens (primary N) is 1. The molecule has 0 saturated carbocycles. The van der Waals surface area contributed by atoms with E-state index in [4.69, 9.17) is 11.0 Å². The number of fused-ring (bicyclic) bond motifs is 1. The lowest BCUT2D eigenvalue weighted by molar-refractivity contribution is -0.156. The Hall–Kier alpha value is -1.90. The van der Waals surface area contributed by atoms with E-state index in [0.29, 0.717) is 24.3 Å². The van der Waals surface area contributed by atoms with Crippen molar-refractivity contribution in [3.05, 3.63) is 23.8 Å². The summed E-state index contributed by atoms with van der Waals surface area (Å²) in [6.45, 7) is 0.110. The largest absolute Gasteiger partial charge is 0.406 e. The number of nitrogen functional groups attached to an aromatic ring is 1. The fourth-order valence-electron chi connectivity index (χ4n) is 2.19. The first kappa shape index (κ1) is 12.6. The molecule has 1 aromatic carbocycles. The number of anilines is 2. The van der Waals surface area contributed by atoms with E-state index >= 15 is 0 Å². The Morgan fingerprint density at radius 2 is 2.17 bits per heavy atom. The average Bonchev–Trinajstić information content (AvgIpc) is 2.69. The van der Waals surface area contributed by atoms with E-state index < -0.39 is 12.1 Å². The van der Waals surface area contributed by atoms with Crippen LogP contribution in [0.1, 0.15) is 5.56 Å². The van der Waals surface area contributed by atoms with E-state index in [-0.39, 0.29) is 6.54 Å². The van der Waals surface area contributed by atoms with Gasteiger partial charge in [0, 0.05) is 13.1 Å². The van der Waals surface area contributed by atoms with Crippen LogP contribution in [0.25, 0.3) is 0 Å². The van der Waals surface area contributed by atoms with Crippen molar-refractivity contribution in [2.24, 2.45) is 5.92 Å². The van der Waals surface area contributed by atoms with Gasteiger partial charge in [0.05, 0.1) is 17.4 Å². The number of benzene rings is 1. The molecule has 1 aliphatic rings. The number of halogens is 3. The predicted molar refractivity (Wildman–Crippen MR) is 61.9 cm³/mol. The second-order valence-corrected chi connectivity index (χ2v) is 4.27. The molecule has 0 fully saturated rings. The highest BCUT2D eigenvalue weighted by Crippen LogP contribution is 2.36. The maximum atomic E-state index is 12.6. The van der Waals surface area contributed by atoms with Crippen LogP contribution in [0.4, 0.5) is 24.5 Å². The molecule has 1 aromatic rings. The normalized spacial score (nSPS) is 16.2. The highest BCUT2D eigenvalue weighted by molar-refractivity contribution is 5.74. The van der Waals surface area contributed by atoms with Crippen molar-refractivity contribution in [3.8, 4) is 6.07 Å². The summed E-state index contributed by atoms with van der Waals surface area (Å²) in [5.41, 5.74) is 7.82. The van der Waals surface area contributed by atoms with Gasteiger partial charge in [0.15, 0.2) is 5.92 Å². The standard InChI is InChI=1S/C12H12F3N3/c13-12(14,15)9(6-16)7-18-5-4-8-2-1-3-10(17)11(8)18/h1-3,9H,4-5,7,17H2. The number of hydrogen-bond acceptors (Lipinski definition) is 3. The van der Waals surface area contributed by atoms with E-state index in [2.05, 4.69) is 0 Å². The van der Waals surface area contributed by atoms with Crippen LogP contribution in [0.5, 0.6) is 0 Å². The summed E-state index contributed by atoms with van der Waals surface area (Å²) < 4.78 is 37.7. The molecule has 0 aliphatic carbocycles. The van der Waals surface area contributed by atoms with E-state index in [1.807, 2.05) is 6.07 Å². The number of para-hydroxylation sites is 1. The lowest BCUT2D eigenvalue weighted by Gasteiger charge is -2.24. The Bertz CT molecular complexity index is 490. The molecule has 1 unspecified atom stereocenters. The molecule has 1 atom stereocenters. The zero-order chi connectivity index (χ0) is 13.3. The van der Waals surface area contributed by atoms with Gasteiger partial charge in [-0.1, -0.05) is 12.1 Å². The number of rotatable bonds is 2. The Balaban J connectivity index is 2.23. The SMILES string of the molecule is N#CC(CN1CCc2cccc(N)c21)C(F)(F)F. The Morgan fingerprint density at radius 3 is 2.78 bits per heavy atom. The monoisotopic (exact) mass is 255 g/mol. The lowest BCUT2D eigenvalue weighted by atomic mass is 10.1. The van der Waals surface area contributed by atoms with Crippen molar-refractivity contribution in [1.82, 2.24) is 0 Å². The van der Waals surface area contributed by atoms with Crippen LogP contribution in [-0.4, -0.2) is 19.3 Å². The van der Waals surface area contributed by atoms with Crippen molar-refractivity contribution in [1.29, 1.82) is 5.26 Å². The molecule has 6 heteroatoms. The van der Waals surface area contributed by atoms with Crippen LogP contribution in [0.15, 0.2) is 18.2 Å². The van der Waals surface area contributed by atoms with Crippen molar-refractivity contribution in [3.63, 3.8) is 0 Å². The number of nitrogens with zero attached hydrogens (tertiary/aromatic N) is 2. The minimum atomic E-state index is -4.50. The maximum Gasteiger partial charge on any atom is 0.406 e. The van der Waals surface area contributed by atoms with Crippen LogP contribution >= 0.6 is 0 Å². The lowest BCUT2D eigenvalue weighted by Crippen LogP contribution is -2.35. The summed E-state index contributed by atoms with van der Waals surface area (Å²) in [5.74, 6) is -1.98. The molecule has 0 amide bonds. The van der Waals surface area contributed by atoms with Gasteiger partial charge in [0.2, 0.25) is 0 Å². The molecule has 1 heterocycles. The second kappa shape index (κ2) is 4.41. The number of hydrogen-bond donors (Lipinski definition) is 1. The van der Waals surface area contributed by atoms with Crippen molar-refractivity contribution >= 4 is 11.4 Å². The topological polar surface area (TPSA) is 53.0 Å². The van der Waals surface area contributed by atoms with Crippen molar-refractivity contribution in [2.75, 3.05) is 23.7 Å². The first-order chi connectivity index (χ1) is 8.43. The first-order valence-electron chi connectivity index (χ1n) is 5.52. The quantitative estimate of drug-likeness (QED) is 0.825. The highest BCUT2D eigenvalue weighted by atomic mass is 19.4. The molecule has 0 bridgehead atoms. The molecule has 0 spiro atoms. The molecule has 18 heavy (non-hydrogen) atoms. The minimum Gasteiger partial charge on any atom is -0.397 e. The number of alkyl halides is 3. The van der Waals surface area contributed by atoms with Crippen LogP contribution in [0, 0.1) is 17.2 Å². The average molecular weight is 255 g/mol. The van der Waals surface area contributed by atoms with Gasteiger partial charge in [0.25, 0.3) is 0 Å². The highest BCUT2D eigenvalue weighted by Gasteiger charge is 2.41. The third-order valence-electron chi connectivity index (χ3n) is 3.07. The number of nitriles is 1. The molecular formula is C12H12F3N3. The molecule has 96 valence electrons. The van der Waals surface area contributed by atoms with Gasteiger partial charge in [-0.2, -0.15) is 18.4 Å². The van der Waals surface area contributed by atoms with E-state index in [9.17, 15) is 13.2 Å². The smallest absolute Gasteiger partial charge is 0.397 e. The first-order valence-corrected chi connectivity index (χ1v) is 5.52. The second-order valence-electron chi connectivity index (χ2n) is 4.27. The summed E-state index contributed by atoms with van der Waals surface area (Å²) in [6, 6.07) is 6.60. The summed E-state index contributed by atoms with van der Waals surface area (Å²) in [4.78, 5) is 1.55. The third kappa shape index (κ3) is 2.21. The minimum absolute atomic E-state index is 0.360. The van der Waals surface area contributed by atoms with Gasteiger partial charge in [-0.25, -0.2) is 0 Å². The van der Waals surface area contributed by atoms with Gasteiger partial charge in [0.1, 0.15) is 0 Å². The van der Waals surface area contributed by atoms with Crippen LogP contribution in [0.3, 0.4) is 0 Å². The fourth-order valence-corrected chi connectivity index (χ4v) is 2.19. The molecule has 2 rings (SSSR count). The van der Waals surface area contributed by atoms with Gasteiger partial charge in [-0.15, -0.1) is 0 Å². The van der Waals surface area contributed by atoms with Crippen LogP contribution in [0.2, 0.25) is 0 Å². The van der Waals surface area contributed by atoms with Crippen molar-refractivity contribution in [2.45, 2.75) is 12.6 Å². The molecule has 0 radical (unpaired) electrons. The van der Waals surface area contributed by atoms with Gasteiger partial charge >= 0.3 is 6.18 Å². The molecule has 3 nitrogen and oxygen atoms in total. The predicted octanol–water partition coefficient (Wildman–Crippen LogP) is 2.33. The molecule has 1 aliphatic heterocycles. The van der Waals surface area contributed by atoms with E-state index in [1.165, 1.54) is 6.07 Å². The Morgan fingerprint density at radius 1 is 1.44 bits per heavy atom. The molecule has 0 saturated heterocycles. The summed E-state index contributed by atoms with van der Waals surface area (Å²) >= 11 is 0. The Kier molecular flexibility index (Phi) is 3.07.